The van der Waals surface area contributed by atoms with Crippen molar-refractivity contribution in [2.75, 3.05) is 19.0 Å². The van der Waals surface area contributed by atoms with Gasteiger partial charge in [0, 0.05) is 19.5 Å². The number of rotatable bonds is 3. The largest absolute Gasteiger partial charge is 0.362 e. The van der Waals surface area contributed by atoms with Gasteiger partial charge in [-0.15, -0.1) is 0 Å². The van der Waals surface area contributed by atoms with Crippen LogP contribution < -0.4 is 4.90 Å². The van der Waals surface area contributed by atoms with Gasteiger partial charge in [-0.3, -0.25) is 0 Å². The lowest BCUT2D eigenvalue weighted by Crippen LogP contribution is -2.12. The summed E-state index contributed by atoms with van der Waals surface area (Å²) in [4.78, 5) is 10.8. The van der Waals surface area contributed by atoms with E-state index in [0.717, 1.165) is 34.4 Å². The van der Waals surface area contributed by atoms with Gasteiger partial charge in [-0.25, -0.2) is 9.97 Å². The van der Waals surface area contributed by atoms with Crippen LogP contribution in [-0.2, 0) is 6.42 Å². The number of hydrogen-bond donors (Lipinski definition) is 0. The van der Waals surface area contributed by atoms with Crippen molar-refractivity contribution in [2.24, 2.45) is 11.8 Å². The van der Waals surface area contributed by atoms with E-state index in [0.29, 0.717) is 0 Å². The Kier molecular flexibility index (Phi) is 10.3. The second-order valence-corrected chi connectivity index (χ2v) is 9.53. The Morgan fingerprint density at radius 2 is 1.60 bits per heavy atom. The van der Waals surface area contributed by atoms with Gasteiger partial charge in [0.25, 0.3) is 0 Å². The van der Waals surface area contributed by atoms with Crippen molar-refractivity contribution in [1.82, 2.24) is 9.97 Å². The summed E-state index contributed by atoms with van der Waals surface area (Å²) in [6.45, 7) is 8.86. The van der Waals surface area contributed by atoms with Gasteiger partial charge in [0.05, 0.1) is 5.52 Å². The molecule has 2 heterocycles. The first kappa shape index (κ1) is 24.3. The van der Waals surface area contributed by atoms with Gasteiger partial charge >= 0.3 is 0 Å². The molecule has 4 rings (SSSR count). The lowest BCUT2D eigenvalue weighted by atomic mass is 9.84. The zero-order valence-electron chi connectivity index (χ0n) is 19.7. The van der Waals surface area contributed by atoms with Crippen LogP contribution in [0.5, 0.6) is 0 Å². The standard InChI is InChI=1S/C11H13N3.C8H16.C7H10S/c1-8-12-10-7-5-4-6-9(10)11(13-8)14(2)3;1-7-3-5-8(2)6-4-7;1-2-3-7-4-5-8-6-7/h4-7H,1-3H3;7-8H,3-6H2,1-2H3;4-6H,2-3H2,1H3. The van der Waals surface area contributed by atoms with Gasteiger partial charge in [0.2, 0.25) is 0 Å². The summed E-state index contributed by atoms with van der Waals surface area (Å²) >= 11 is 1.78. The maximum Gasteiger partial charge on any atom is 0.139 e. The fourth-order valence-corrected chi connectivity index (χ4v) is 4.37. The van der Waals surface area contributed by atoms with Crippen LogP contribution in [0, 0.1) is 18.8 Å². The van der Waals surface area contributed by atoms with Crippen molar-refractivity contribution in [3.63, 3.8) is 0 Å². The molecule has 30 heavy (non-hydrogen) atoms. The monoisotopic (exact) mass is 425 g/mol. The summed E-state index contributed by atoms with van der Waals surface area (Å²) in [5, 5.41) is 5.44. The minimum atomic E-state index is 0.812. The topological polar surface area (TPSA) is 29.0 Å². The van der Waals surface area contributed by atoms with Crippen molar-refractivity contribution in [3.8, 4) is 0 Å². The minimum Gasteiger partial charge on any atom is -0.362 e. The molecule has 0 atom stereocenters. The maximum atomic E-state index is 4.42. The highest BCUT2D eigenvalue weighted by atomic mass is 32.1. The average molecular weight is 426 g/mol. The van der Waals surface area contributed by atoms with Gasteiger partial charge in [-0.05, 0) is 59.7 Å². The molecule has 0 amide bonds. The van der Waals surface area contributed by atoms with Crippen LogP contribution in [0.1, 0.15) is 64.3 Å². The number of anilines is 1. The third-order valence-corrected chi connectivity index (χ3v) is 6.27. The Morgan fingerprint density at radius 1 is 0.967 bits per heavy atom. The van der Waals surface area contributed by atoms with E-state index in [1.54, 1.807) is 11.3 Å². The molecule has 2 aromatic heterocycles. The van der Waals surface area contributed by atoms with Crippen LogP contribution in [0.3, 0.4) is 0 Å². The molecule has 0 spiro atoms. The molecule has 3 nitrogen and oxygen atoms in total. The van der Waals surface area contributed by atoms with Gasteiger partial charge in [-0.2, -0.15) is 11.3 Å². The summed E-state index contributed by atoms with van der Waals surface area (Å²) in [6, 6.07) is 10.2. The summed E-state index contributed by atoms with van der Waals surface area (Å²) in [5.41, 5.74) is 2.49. The van der Waals surface area contributed by atoms with Crippen molar-refractivity contribution in [2.45, 2.75) is 66.2 Å². The van der Waals surface area contributed by atoms with Crippen LogP contribution in [0.25, 0.3) is 10.9 Å². The van der Waals surface area contributed by atoms with E-state index in [9.17, 15) is 0 Å². The van der Waals surface area contributed by atoms with Gasteiger partial charge in [-0.1, -0.05) is 65.0 Å². The Bertz CT molecular complexity index is 840. The second-order valence-electron chi connectivity index (χ2n) is 8.75. The maximum absolute atomic E-state index is 4.42. The summed E-state index contributed by atoms with van der Waals surface area (Å²) < 4.78 is 0. The van der Waals surface area contributed by atoms with E-state index in [4.69, 9.17) is 0 Å². The minimum absolute atomic E-state index is 0.812. The summed E-state index contributed by atoms with van der Waals surface area (Å²) in [5.74, 6) is 3.83. The lowest BCUT2D eigenvalue weighted by Gasteiger charge is -2.22. The molecular formula is C26H39N3S. The highest BCUT2D eigenvalue weighted by molar-refractivity contribution is 7.07. The molecule has 0 unspecified atom stereocenters. The third-order valence-electron chi connectivity index (χ3n) is 5.54. The zero-order valence-corrected chi connectivity index (χ0v) is 20.5. The second kappa shape index (κ2) is 12.7. The number of aryl methyl sites for hydroxylation is 2. The smallest absolute Gasteiger partial charge is 0.139 e. The number of fused-ring (bicyclic) bond motifs is 1. The molecule has 3 aromatic rings. The number of thiophene rings is 1. The van der Waals surface area contributed by atoms with E-state index in [-0.39, 0.29) is 0 Å². The SMILES string of the molecule is CC1CCC(C)CC1.CCCc1ccsc1.Cc1nc(N(C)C)c2ccccc2n1. The van der Waals surface area contributed by atoms with Crippen LogP contribution >= 0.6 is 11.3 Å². The molecule has 0 bridgehead atoms. The van der Waals surface area contributed by atoms with Gasteiger partial charge in [0.15, 0.2) is 0 Å². The van der Waals surface area contributed by atoms with Crippen molar-refractivity contribution in [1.29, 1.82) is 0 Å². The first-order chi connectivity index (χ1) is 14.4. The Labute approximate surface area is 187 Å². The van der Waals surface area contributed by atoms with Crippen LogP contribution in [0.4, 0.5) is 5.82 Å². The molecule has 0 N–H and O–H groups in total. The van der Waals surface area contributed by atoms with Crippen LogP contribution in [-0.4, -0.2) is 24.1 Å². The Hall–Kier alpha value is -1.94. The summed E-state index contributed by atoms with van der Waals surface area (Å²) in [6.07, 6.45) is 8.39. The molecule has 1 fully saturated rings. The van der Waals surface area contributed by atoms with Gasteiger partial charge < -0.3 is 4.90 Å². The van der Waals surface area contributed by atoms with Crippen LogP contribution in [0.15, 0.2) is 41.1 Å². The number of hydrogen-bond acceptors (Lipinski definition) is 4. The molecule has 1 aromatic carbocycles. The van der Waals surface area contributed by atoms with Crippen molar-refractivity contribution in [3.05, 3.63) is 52.5 Å². The predicted molar refractivity (Wildman–Crippen MR) is 134 cm³/mol. The number of benzene rings is 1. The fourth-order valence-electron chi connectivity index (χ4n) is 3.66. The first-order valence-electron chi connectivity index (χ1n) is 11.3. The average Bonchev–Trinajstić information content (AvgIpc) is 3.24. The zero-order chi connectivity index (χ0) is 21.9. The molecule has 1 aliphatic carbocycles. The molecule has 1 aliphatic rings. The van der Waals surface area contributed by atoms with Gasteiger partial charge in [0.1, 0.15) is 11.6 Å². The Morgan fingerprint density at radius 3 is 2.13 bits per heavy atom. The summed E-state index contributed by atoms with van der Waals surface area (Å²) in [7, 11) is 3.99. The Balaban J connectivity index is 0.000000172. The number of para-hydroxylation sites is 1. The van der Waals surface area contributed by atoms with E-state index in [1.165, 1.54) is 44.1 Å². The first-order valence-corrected chi connectivity index (χ1v) is 12.3. The molecule has 164 valence electrons. The molecule has 0 aliphatic heterocycles. The van der Waals surface area contributed by atoms with Crippen LogP contribution in [0.2, 0.25) is 0 Å². The number of aromatic nitrogens is 2. The van der Waals surface area contributed by atoms with E-state index in [1.807, 2.05) is 50.2 Å². The fraction of sp³-hybridized carbons (Fsp3) is 0.538. The molecule has 0 radical (unpaired) electrons. The molecule has 4 heteroatoms. The predicted octanol–water partition coefficient (Wildman–Crippen LogP) is 7.54. The number of nitrogens with zero attached hydrogens (tertiary/aromatic N) is 3. The molecule has 0 saturated heterocycles. The van der Waals surface area contributed by atoms with Crippen molar-refractivity contribution >= 4 is 28.1 Å². The van der Waals surface area contributed by atoms with E-state index >= 15 is 0 Å². The van der Waals surface area contributed by atoms with Crippen molar-refractivity contribution < 1.29 is 0 Å². The highest BCUT2D eigenvalue weighted by Crippen LogP contribution is 2.27. The van der Waals surface area contributed by atoms with E-state index in [2.05, 4.69) is 47.6 Å². The van der Waals surface area contributed by atoms with E-state index < -0.39 is 0 Å². The quantitative estimate of drug-likeness (QED) is 0.434. The normalized spacial score (nSPS) is 18.1. The lowest BCUT2D eigenvalue weighted by molar-refractivity contribution is 0.308. The molecular weight excluding hydrogens is 386 g/mol. The third kappa shape index (κ3) is 8.06. The highest BCUT2D eigenvalue weighted by Gasteiger charge is 2.13. The molecule has 1 saturated carbocycles.